The number of rotatable bonds is 7. The van der Waals surface area contributed by atoms with Crippen LogP contribution in [0.25, 0.3) is 0 Å². The molecule has 1 aromatic rings. The van der Waals surface area contributed by atoms with Crippen LogP contribution in [0.2, 0.25) is 10.0 Å². The molecule has 0 heterocycles. The van der Waals surface area contributed by atoms with E-state index in [1.54, 1.807) is 12.1 Å². The highest BCUT2D eigenvalue weighted by molar-refractivity contribution is 6.35. The van der Waals surface area contributed by atoms with Crippen molar-refractivity contribution in [1.29, 1.82) is 0 Å². The number of carbonyl (C=O) groups is 2. The number of benzene rings is 1. The molecule has 0 aliphatic heterocycles. The van der Waals surface area contributed by atoms with Crippen LogP contribution in [0.4, 0.5) is 0 Å². The summed E-state index contributed by atoms with van der Waals surface area (Å²) < 4.78 is 10.0. The van der Waals surface area contributed by atoms with E-state index in [0.29, 0.717) is 15.8 Å². The van der Waals surface area contributed by atoms with E-state index in [2.05, 4.69) is 5.32 Å². The van der Waals surface area contributed by atoms with Gasteiger partial charge in [-0.3, -0.25) is 4.79 Å². The number of ether oxygens (including phenoxy) is 2. The zero-order valence-electron chi connectivity index (χ0n) is 12.7. The third-order valence-electron chi connectivity index (χ3n) is 3.24. The van der Waals surface area contributed by atoms with Crippen LogP contribution in [0, 0.1) is 5.92 Å². The molecule has 0 saturated heterocycles. The van der Waals surface area contributed by atoms with Crippen molar-refractivity contribution in [3.63, 3.8) is 0 Å². The summed E-state index contributed by atoms with van der Waals surface area (Å²) in [6, 6.07) is 4.00. The van der Waals surface area contributed by atoms with Crippen LogP contribution in [0.15, 0.2) is 18.2 Å². The molecule has 22 heavy (non-hydrogen) atoms. The molecule has 0 saturated carbocycles. The summed E-state index contributed by atoms with van der Waals surface area (Å²) in [6.07, 6.45) is 0.726. The molecule has 0 aromatic heterocycles. The van der Waals surface area contributed by atoms with Gasteiger partial charge in [0.15, 0.2) is 6.61 Å². The maximum atomic E-state index is 11.9. The van der Waals surface area contributed by atoms with Crippen LogP contribution in [-0.4, -0.2) is 31.6 Å². The summed E-state index contributed by atoms with van der Waals surface area (Å²) in [5, 5.41) is 3.40. The molecule has 0 aliphatic rings. The van der Waals surface area contributed by atoms with Gasteiger partial charge in [-0.25, -0.2) is 4.79 Å². The predicted octanol–water partition coefficient (Wildman–Crippen LogP) is 3.08. The molecular formula is C15H19Cl2NO4. The SMILES string of the molecule is CC[C@H](C)[C@@H](NC(=O)COc1ccc(Cl)cc1Cl)C(=O)OC. The van der Waals surface area contributed by atoms with Gasteiger partial charge in [-0.2, -0.15) is 0 Å². The smallest absolute Gasteiger partial charge is 0.328 e. The second kappa shape index (κ2) is 8.86. The molecule has 0 radical (unpaired) electrons. The standard InChI is InChI=1S/C15H19Cl2NO4/c1-4-9(2)14(15(20)21-3)18-13(19)8-22-12-6-5-10(16)7-11(12)17/h5-7,9,14H,4,8H2,1-3H3,(H,18,19)/t9-,14+/m0/s1. The van der Waals surface area contributed by atoms with Crippen molar-refractivity contribution < 1.29 is 19.1 Å². The fraction of sp³-hybridized carbons (Fsp3) is 0.467. The van der Waals surface area contributed by atoms with Gasteiger partial charge in [-0.1, -0.05) is 43.5 Å². The predicted molar refractivity (Wildman–Crippen MR) is 85.4 cm³/mol. The average molecular weight is 348 g/mol. The second-order valence-electron chi connectivity index (χ2n) is 4.82. The summed E-state index contributed by atoms with van der Waals surface area (Å²) in [4.78, 5) is 23.6. The van der Waals surface area contributed by atoms with E-state index < -0.39 is 17.9 Å². The first-order chi connectivity index (χ1) is 10.4. The second-order valence-corrected chi connectivity index (χ2v) is 5.66. The molecule has 2 atom stereocenters. The van der Waals surface area contributed by atoms with Gasteiger partial charge in [0.05, 0.1) is 12.1 Å². The number of amides is 1. The Bertz CT molecular complexity index is 536. The Hall–Kier alpha value is -1.46. The molecule has 5 nitrogen and oxygen atoms in total. The van der Waals surface area contributed by atoms with Crippen molar-refractivity contribution in [2.24, 2.45) is 5.92 Å². The highest BCUT2D eigenvalue weighted by atomic mass is 35.5. The van der Waals surface area contributed by atoms with E-state index >= 15 is 0 Å². The van der Waals surface area contributed by atoms with E-state index in [0.717, 1.165) is 6.42 Å². The lowest BCUT2D eigenvalue weighted by atomic mass is 9.99. The number of hydrogen-bond donors (Lipinski definition) is 1. The number of methoxy groups -OCH3 is 1. The minimum absolute atomic E-state index is 0.0458. The lowest BCUT2D eigenvalue weighted by Crippen LogP contribution is -2.47. The Kier molecular flexibility index (Phi) is 7.48. The van der Waals surface area contributed by atoms with Crippen LogP contribution >= 0.6 is 23.2 Å². The van der Waals surface area contributed by atoms with Crippen LogP contribution in [0.5, 0.6) is 5.75 Å². The van der Waals surface area contributed by atoms with Crippen molar-refractivity contribution in [1.82, 2.24) is 5.32 Å². The Balaban J connectivity index is 2.62. The van der Waals surface area contributed by atoms with E-state index in [4.69, 9.17) is 32.7 Å². The van der Waals surface area contributed by atoms with E-state index in [-0.39, 0.29) is 12.5 Å². The topological polar surface area (TPSA) is 64.6 Å². The summed E-state index contributed by atoms with van der Waals surface area (Å²) in [6.45, 7) is 3.53. The maximum Gasteiger partial charge on any atom is 0.328 e. The molecule has 1 amide bonds. The van der Waals surface area contributed by atoms with Crippen molar-refractivity contribution in [2.45, 2.75) is 26.3 Å². The first-order valence-electron chi connectivity index (χ1n) is 6.84. The number of carbonyl (C=O) groups excluding carboxylic acids is 2. The van der Waals surface area contributed by atoms with Gasteiger partial charge in [0.1, 0.15) is 11.8 Å². The molecule has 0 spiro atoms. The van der Waals surface area contributed by atoms with Crippen molar-refractivity contribution in [3.8, 4) is 5.75 Å². The third kappa shape index (κ3) is 5.39. The van der Waals surface area contributed by atoms with Gasteiger partial charge in [-0.05, 0) is 24.1 Å². The van der Waals surface area contributed by atoms with E-state index in [9.17, 15) is 9.59 Å². The zero-order valence-corrected chi connectivity index (χ0v) is 14.2. The largest absolute Gasteiger partial charge is 0.482 e. The number of nitrogens with one attached hydrogen (secondary N) is 1. The number of esters is 1. The van der Waals surface area contributed by atoms with Crippen LogP contribution in [-0.2, 0) is 14.3 Å². The van der Waals surface area contributed by atoms with Crippen LogP contribution in [0.3, 0.4) is 0 Å². The Morgan fingerprint density at radius 1 is 1.32 bits per heavy atom. The molecule has 0 aliphatic carbocycles. The van der Waals surface area contributed by atoms with Crippen molar-refractivity contribution >= 4 is 35.1 Å². The highest BCUT2D eigenvalue weighted by Crippen LogP contribution is 2.27. The summed E-state index contributed by atoms with van der Waals surface area (Å²) in [5.41, 5.74) is 0. The molecule has 1 rings (SSSR count). The van der Waals surface area contributed by atoms with Gasteiger partial charge < -0.3 is 14.8 Å². The normalized spacial score (nSPS) is 13.1. The van der Waals surface area contributed by atoms with Gasteiger partial charge in [-0.15, -0.1) is 0 Å². The first kappa shape index (κ1) is 18.6. The fourth-order valence-corrected chi connectivity index (χ4v) is 2.21. The minimum atomic E-state index is -0.702. The third-order valence-corrected chi connectivity index (χ3v) is 3.77. The summed E-state index contributed by atoms with van der Waals surface area (Å²) in [5.74, 6) is -0.608. The monoisotopic (exact) mass is 347 g/mol. The molecule has 7 heteroatoms. The lowest BCUT2D eigenvalue weighted by Gasteiger charge is -2.21. The van der Waals surface area contributed by atoms with E-state index in [1.165, 1.54) is 13.2 Å². The van der Waals surface area contributed by atoms with Crippen LogP contribution in [0.1, 0.15) is 20.3 Å². The highest BCUT2D eigenvalue weighted by Gasteiger charge is 2.26. The Labute approximate surface area is 139 Å². The van der Waals surface area contributed by atoms with Gasteiger partial charge in [0.2, 0.25) is 0 Å². The van der Waals surface area contributed by atoms with Gasteiger partial charge in [0.25, 0.3) is 5.91 Å². The molecular weight excluding hydrogens is 329 g/mol. The summed E-state index contributed by atoms with van der Waals surface area (Å²) in [7, 11) is 1.29. The molecule has 0 fully saturated rings. The van der Waals surface area contributed by atoms with Gasteiger partial charge in [0, 0.05) is 5.02 Å². The van der Waals surface area contributed by atoms with Crippen molar-refractivity contribution in [3.05, 3.63) is 28.2 Å². The van der Waals surface area contributed by atoms with Crippen molar-refractivity contribution in [2.75, 3.05) is 13.7 Å². The number of hydrogen-bond acceptors (Lipinski definition) is 4. The molecule has 1 N–H and O–H groups in total. The maximum absolute atomic E-state index is 11.9. The summed E-state index contributed by atoms with van der Waals surface area (Å²) >= 11 is 11.7. The average Bonchev–Trinajstić information content (AvgIpc) is 2.50. The van der Waals surface area contributed by atoms with E-state index in [1.807, 2.05) is 13.8 Å². The zero-order chi connectivity index (χ0) is 16.7. The molecule has 122 valence electrons. The molecule has 0 unspecified atom stereocenters. The minimum Gasteiger partial charge on any atom is -0.482 e. The van der Waals surface area contributed by atoms with Gasteiger partial charge >= 0.3 is 5.97 Å². The Morgan fingerprint density at radius 3 is 2.55 bits per heavy atom. The molecule has 1 aromatic carbocycles. The quantitative estimate of drug-likeness (QED) is 0.769. The first-order valence-corrected chi connectivity index (χ1v) is 7.59. The van der Waals surface area contributed by atoms with Crippen LogP contribution < -0.4 is 10.1 Å². The fourth-order valence-electron chi connectivity index (χ4n) is 1.75. The molecule has 0 bridgehead atoms. The number of halogens is 2. The lowest BCUT2D eigenvalue weighted by molar-refractivity contribution is -0.146. The Morgan fingerprint density at radius 2 is 2.00 bits per heavy atom.